The smallest absolute Gasteiger partial charge is 0.230 e. The van der Waals surface area contributed by atoms with E-state index in [0.717, 1.165) is 28.7 Å². The standard InChI is InChI=1S/C16H17N3O2S/c1-18-13-4-2-3-5-15(13)22-16(18)12(10-17)14(20)11-19-6-8-21-9-7-19/h2-5H,6-9,11H2,1H3/p+1/b16-12-. The number of Topliss-reactive ketones (excluding diaryl/α,β-unsaturated/α-hetero) is 1. The van der Waals surface area contributed by atoms with Crippen LogP contribution in [0.25, 0.3) is 0 Å². The van der Waals surface area contributed by atoms with Crippen LogP contribution in [0.3, 0.4) is 0 Å². The first kappa shape index (κ1) is 15.1. The van der Waals surface area contributed by atoms with Crippen LogP contribution in [0.1, 0.15) is 0 Å². The molecule has 0 saturated carbocycles. The van der Waals surface area contributed by atoms with Gasteiger partial charge in [0.25, 0.3) is 0 Å². The van der Waals surface area contributed by atoms with Gasteiger partial charge in [-0.1, -0.05) is 23.9 Å². The molecule has 0 radical (unpaired) electrons. The molecule has 1 fully saturated rings. The Morgan fingerprint density at radius 2 is 2.14 bits per heavy atom. The molecule has 3 rings (SSSR count). The Balaban J connectivity index is 1.82. The van der Waals surface area contributed by atoms with Crippen molar-refractivity contribution in [2.75, 3.05) is 44.8 Å². The number of quaternary nitrogens is 1. The van der Waals surface area contributed by atoms with Gasteiger partial charge in [-0.05, 0) is 12.1 Å². The summed E-state index contributed by atoms with van der Waals surface area (Å²) < 4.78 is 5.31. The number of ether oxygens (including phenoxy) is 1. The van der Waals surface area contributed by atoms with Gasteiger partial charge in [0, 0.05) is 11.9 Å². The maximum atomic E-state index is 12.5. The van der Waals surface area contributed by atoms with Crippen molar-refractivity contribution < 1.29 is 14.4 Å². The molecule has 2 heterocycles. The lowest BCUT2D eigenvalue weighted by Crippen LogP contribution is -3.14. The van der Waals surface area contributed by atoms with E-state index < -0.39 is 0 Å². The summed E-state index contributed by atoms with van der Waals surface area (Å²) in [4.78, 5) is 16.8. The lowest BCUT2D eigenvalue weighted by molar-refractivity contribution is -0.899. The molecule has 0 unspecified atom stereocenters. The Morgan fingerprint density at radius 1 is 1.41 bits per heavy atom. The number of hydrogen-bond donors (Lipinski definition) is 1. The van der Waals surface area contributed by atoms with Crippen molar-refractivity contribution in [3.8, 4) is 6.07 Å². The van der Waals surface area contributed by atoms with Crippen LogP contribution in [-0.4, -0.2) is 45.7 Å². The highest BCUT2D eigenvalue weighted by atomic mass is 32.2. The van der Waals surface area contributed by atoms with Crippen molar-refractivity contribution in [2.24, 2.45) is 0 Å². The van der Waals surface area contributed by atoms with Gasteiger partial charge in [-0.2, -0.15) is 5.26 Å². The predicted octanol–water partition coefficient (Wildman–Crippen LogP) is 0.448. The average molecular weight is 316 g/mol. The zero-order chi connectivity index (χ0) is 15.5. The molecule has 2 aliphatic rings. The summed E-state index contributed by atoms with van der Waals surface area (Å²) in [7, 11) is 1.90. The topological polar surface area (TPSA) is 57.8 Å². The maximum Gasteiger partial charge on any atom is 0.230 e. The van der Waals surface area contributed by atoms with Gasteiger partial charge in [0.15, 0.2) is 0 Å². The number of hydrogen-bond acceptors (Lipinski definition) is 5. The quantitative estimate of drug-likeness (QED) is 0.648. The molecule has 0 amide bonds. The molecular formula is C16H18N3O2S+. The van der Waals surface area contributed by atoms with Gasteiger partial charge in [0.2, 0.25) is 5.78 Å². The van der Waals surface area contributed by atoms with Crippen molar-refractivity contribution >= 4 is 23.2 Å². The van der Waals surface area contributed by atoms with Gasteiger partial charge in [0.05, 0.1) is 18.9 Å². The molecule has 6 heteroatoms. The monoisotopic (exact) mass is 316 g/mol. The third-order valence-corrected chi connectivity index (χ3v) is 5.19. The second-order valence-corrected chi connectivity index (χ2v) is 6.41. The molecule has 0 spiro atoms. The number of fused-ring (bicyclic) bond motifs is 1. The van der Waals surface area contributed by atoms with Crippen molar-refractivity contribution in [1.29, 1.82) is 5.26 Å². The van der Waals surface area contributed by atoms with Crippen LogP contribution < -0.4 is 9.80 Å². The summed E-state index contributed by atoms with van der Waals surface area (Å²) in [6, 6.07) is 10.1. The van der Waals surface area contributed by atoms with E-state index in [4.69, 9.17) is 4.74 Å². The molecule has 0 aromatic heterocycles. The van der Waals surface area contributed by atoms with E-state index in [9.17, 15) is 10.1 Å². The molecular weight excluding hydrogens is 298 g/mol. The largest absolute Gasteiger partial charge is 0.370 e. The highest BCUT2D eigenvalue weighted by Gasteiger charge is 2.29. The van der Waals surface area contributed by atoms with E-state index in [1.807, 2.05) is 36.2 Å². The number of para-hydroxylation sites is 1. The normalized spacial score (nSPS) is 20.5. The molecule has 0 aliphatic carbocycles. The fourth-order valence-corrected chi connectivity index (χ4v) is 3.86. The fourth-order valence-electron chi connectivity index (χ4n) is 2.70. The first-order valence-electron chi connectivity index (χ1n) is 7.30. The number of carbonyl (C=O) groups is 1. The molecule has 1 saturated heterocycles. The third kappa shape index (κ3) is 2.88. The van der Waals surface area contributed by atoms with Crippen LogP contribution in [0.15, 0.2) is 39.8 Å². The van der Waals surface area contributed by atoms with Crippen LogP contribution in [0.4, 0.5) is 5.69 Å². The number of benzene rings is 1. The Bertz CT molecular complexity index is 660. The molecule has 1 N–H and O–H groups in total. The number of thioether (sulfide) groups is 1. The summed E-state index contributed by atoms with van der Waals surface area (Å²) in [5.74, 6) is -0.0819. The summed E-state index contributed by atoms with van der Waals surface area (Å²) in [6.45, 7) is 3.37. The lowest BCUT2D eigenvalue weighted by Gasteiger charge is -2.23. The molecule has 0 bridgehead atoms. The number of morpholine rings is 1. The van der Waals surface area contributed by atoms with E-state index in [-0.39, 0.29) is 11.4 Å². The highest BCUT2D eigenvalue weighted by molar-refractivity contribution is 8.03. The molecule has 1 aromatic carbocycles. The first-order valence-corrected chi connectivity index (χ1v) is 8.12. The maximum absolute atomic E-state index is 12.5. The highest BCUT2D eigenvalue weighted by Crippen LogP contribution is 2.45. The van der Waals surface area contributed by atoms with Gasteiger partial charge in [-0.15, -0.1) is 0 Å². The van der Waals surface area contributed by atoms with E-state index in [0.29, 0.717) is 19.8 Å². The van der Waals surface area contributed by atoms with Gasteiger partial charge in [-0.25, -0.2) is 0 Å². The van der Waals surface area contributed by atoms with Crippen molar-refractivity contribution in [3.63, 3.8) is 0 Å². The number of nitrogens with zero attached hydrogens (tertiary/aromatic N) is 2. The minimum Gasteiger partial charge on any atom is -0.370 e. The van der Waals surface area contributed by atoms with Crippen LogP contribution in [0.5, 0.6) is 0 Å². The fraction of sp³-hybridized carbons (Fsp3) is 0.375. The minimum absolute atomic E-state index is 0.0819. The molecule has 22 heavy (non-hydrogen) atoms. The Morgan fingerprint density at radius 3 is 2.82 bits per heavy atom. The summed E-state index contributed by atoms with van der Waals surface area (Å²) in [5, 5.41) is 10.2. The van der Waals surface area contributed by atoms with E-state index in [2.05, 4.69) is 6.07 Å². The van der Waals surface area contributed by atoms with Crippen LogP contribution >= 0.6 is 11.8 Å². The van der Waals surface area contributed by atoms with Crippen LogP contribution in [0, 0.1) is 11.3 Å². The van der Waals surface area contributed by atoms with Crippen molar-refractivity contribution in [1.82, 2.24) is 0 Å². The first-order chi connectivity index (χ1) is 10.7. The van der Waals surface area contributed by atoms with Gasteiger partial charge < -0.3 is 14.5 Å². The second kappa shape index (κ2) is 6.53. The summed E-state index contributed by atoms with van der Waals surface area (Å²) in [5.41, 5.74) is 1.31. The van der Waals surface area contributed by atoms with Crippen LogP contribution in [-0.2, 0) is 9.53 Å². The SMILES string of the molecule is CN1/C(=C(\C#N)C(=O)C[NH+]2CCOCC2)Sc2ccccc21. The van der Waals surface area contributed by atoms with E-state index in [1.54, 1.807) is 0 Å². The number of anilines is 1. The number of nitriles is 1. The minimum atomic E-state index is -0.0819. The summed E-state index contributed by atoms with van der Waals surface area (Å²) in [6.07, 6.45) is 0. The Hall–Kier alpha value is -1.81. The van der Waals surface area contributed by atoms with Crippen molar-refractivity contribution in [3.05, 3.63) is 34.9 Å². The molecule has 1 aromatic rings. The zero-order valence-electron chi connectivity index (χ0n) is 12.5. The number of ketones is 1. The summed E-state index contributed by atoms with van der Waals surface area (Å²) >= 11 is 1.50. The molecule has 5 nitrogen and oxygen atoms in total. The number of carbonyl (C=O) groups excluding carboxylic acids is 1. The Labute approximate surface area is 134 Å². The lowest BCUT2D eigenvalue weighted by atomic mass is 10.1. The van der Waals surface area contributed by atoms with Gasteiger partial charge >= 0.3 is 0 Å². The zero-order valence-corrected chi connectivity index (χ0v) is 13.3. The second-order valence-electron chi connectivity index (χ2n) is 5.38. The van der Waals surface area contributed by atoms with Crippen LogP contribution in [0.2, 0.25) is 0 Å². The Kier molecular flexibility index (Phi) is 4.48. The van der Waals surface area contributed by atoms with Gasteiger partial charge in [-0.3, -0.25) is 4.79 Å². The predicted molar refractivity (Wildman–Crippen MR) is 84.7 cm³/mol. The van der Waals surface area contributed by atoms with E-state index >= 15 is 0 Å². The third-order valence-electron chi connectivity index (χ3n) is 3.95. The molecule has 2 aliphatic heterocycles. The van der Waals surface area contributed by atoms with Gasteiger partial charge in [0.1, 0.15) is 36.3 Å². The van der Waals surface area contributed by atoms with E-state index in [1.165, 1.54) is 16.7 Å². The number of nitrogens with one attached hydrogen (secondary N) is 1. The average Bonchev–Trinajstić information content (AvgIpc) is 2.87. The molecule has 0 atom stereocenters. The molecule has 114 valence electrons. The number of rotatable bonds is 3. The van der Waals surface area contributed by atoms with Crippen molar-refractivity contribution in [2.45, 2.75) is 4.90 Å².